The second kappa shape index (κ2) is 6.11. The largest absolute Gasteiger partial charge is 0.349 e. The highest BCUT2D eigenvalue weighted by molar-refractivity contribution is 5.79. The van der Waals surface area contributed by atoms with Crippen molar-refractivity contribution < 1.29 is 4.79 Å². The second-order valence-electron chi connectivity index (χ2n) is 6.51. The van der Waals surface area contributed by atoms with E-state index in [2.05, 4.69) is 14.7 Å². The minimum Gasteiger partial charge on any atom is -0.349 e. The molecule has 4 rings (SSSR count). The summed E-state index contributed by atoms with van der Waals surface area (Å²) in [5.41, 5.74) is 4.43. The monoisotopic (exact) mass is 319 g/mol. The highest BCUT2D eigenvalue weighted by atomic mass is 16.1. The first kappa shape index (κ1) is 14.9. The van der Waals surface area contributed by atoms with Crippen LogP contribution in [0.15, 0.2) is 54.7 Å². The van der Waals surface area contributed by atoms with Gasteiger partial charge < -0.3 is 9.72 Å². The Labute approximate surface area is 141 Å². The van der Waals surface area contributed by atoms with Crippen LogP contribution in [0.25, 0.3) is 5.65 Å². The van der Waals surface area contributed by atoms with Crippen LogP contribution in [0.5, 0.6) is 0 Å². The van der Waals surface area contributed by atoms with Gasteiger partial charge in [0, 0.05) is 24.2 Å². The van der Waals surface area contributed by atoms with Gasteiger partial charge in [-0.3, -0.25) is 4.79 Å². The van der Waals surface area contributed by atoms with Crippen LogP contribution < -0.4 is 5.32 Å². The summed E-state index contributed by atoms with van der Waals surface area (Å²) in [6, 6.07) is 16.2. The quantitative estimate of drug-likeness (QED) is 0.805. The number of carbonyl (C=O) groups excluding carboxylic acids is 1. The molecule has 1 aliphatic rings. The number of pyridine rings is 1. The molecule has 0 bridgehead atoms. The van der Waals surface area contributed by atoms with Crippen LogP contribution in [0, 0.1) is 5.92 Å². The lowest BCUT2D eigenvalue weighted by Gasteiger charge is -2.23. The zero-order chi connectivity index (χ0) is 16.5. The fourth-order valence-corrected chi connectivity index (χ4v) is 3.54. The number of benzene rings is 1. The highest BCUT2D eigenvalue weighted by Crippen LogP contribution is 2.27. The Balaban J connectivity index is 1.51. The van der Waals surface area contributed by atoms with E-state index in [-0.39, 0.29) is 17.9 Å². The van der Waals surface area contributed by atoms with Gasteiger partial charge in [-0.25, -0.2) is 4.98 Å². The van der Waals surface area contributed by atoms with E-state index >= 15 is 0 Å². The van der Waals surface area contributed by atoms with Crippen molar-refractivity contribution in [1.29, 1.82) is 0 Å². The van der Waals surface area contributed by atoms with Gasteiger partial charge in [0.15, 0.2) is 0 Å². The van der Waals surface area contributed by atoms with Crippen molar-refractivity contribution in [2.45, 2.75) is 32.2 Å². The Morgan fingerprint density at radius 1 is 1.21 bits per heavy atom. The molecule has 4 nitrogen and oxygen atoms in total. The lowest BCUT2D eigenvalue weighted by molar-refractivity contribution is -0.126. The Morgan fingerprint density at radius 3 is 2.83 bits per heavy atom. The molecule has 2 aromatic heterocycles. The Bertz CT molecular complexity index is 869. The summed E-state index contributed by atoms with van der Waals surface area (Å²) >= 11 is 0. The van der Waals surface area contributed by atoms with E-state index in [1.54, 1.807) is 0 Å². The maximum absolute atomic E-state index is 12.7. The summed E-state index contributed by atoms with van der Waals surface area (Å²) in [5, 5.41) is 3.17. The SMILES string of the molecule is CC(NC(=O)C1CCc2nc3ccccn3c2C1)c1ccccc1. The number of hydrogen-bond donors (Lipinski definition) is 1. The summed E-state index contributed by atoms with van der Waals surface area (Å²) in [7, 11) is 0. The molecule has 3 aromatic rings. The van der Waals surface area contributed by atoms with Crippen molar-refractivity contribution >= 4 is 11.6 Å². The van der Waals surface area contributed by atoms with Gasteiger partial charge in [0.05, 0.1) is 11.7 Å². The average molecular weight is 319 g/mol. The number of aromatic nitrogens is 2. The van der Waals surface area contributed by atoms with Gasteiger partial charge in [0.1, 0.15) is 5.65 Å². The first-order valence-corrected chi connectivity index (χ1v) is 8.52. The Morgan fingerprint density at radius 2 is 2.00 bits per heavy atom. The summed E-state index contributed by atoms with van der Waals surface area (Å²) in [6.07, 6.45) is 4.53. The van der Waals surface area contributed by atoms with E-state index < -0.39 is 0 Å². The predicted molar refractivity (Wildman–Crippen MR) is 93.7 cm³/mol. The van der Waals surface area contributed by atoms with Gasteiger partial charge in [-0.05, 0) is 37.5 Å². The molecule has 4 heteroatoms. The molecular formula is C20H21N3O. The van der Waals surface area contributed by atoms with Crippen LogP contribution in [0.3, 0.4) is 0 Å². The normalized spacial score (nSPS) is 18.1. The van der Waals surface area contributed by atoms with Gasteiger partial charge >= 0.3 is 0 Å². The smallest absolute Gasteiger partial charge is 0.223 e. The van der Waals surface area contributed by atoms with Gasteiger partial charge in [0.2, 0.25) is 5.91 Å². The molecule has 1 N–H and O–H groups in total. The van der Waals surface area contributed by atoms with E-state index in [0.29, 0.717) is 0 Å². The molecule has 2 unspecified atom stereocenters. The van der Waals surface area contributed by atoms with Crippen molar-refractivity contribution in [2.75, 3.05) is 0 Å². The van der Waals surface area contributed by atoms with Crippen molar-refractivity contribution in [3.63, 3.8) is 0 Å². The van der Waals surface area contributed by atoms with Crippen LogP contribution in [0.2, 0.25) is 0 Å². The van der Waals surface area contributed by atoms with Gasteiger partial charge in [-0.15, -0.1) is 0 Å². The van der Waals surface area contributed by atoms with Crippen molar-refractivity contribution in [1.82, 2.24) is 14.7 Å². The molecule has 0 radical (unpaired) electrons. The number of nitrogens with one attached hydrogen (secondary N) is 1. The third kappa shape index (κ3) is 2.68. The highest BCUT2D eigenvalue weighted by Gasteiger charge is 2.28. The van der Waals surface area contributed by atoms with Crippen LogP contribution in [-0.2, 0) is 17.6 Å². The fourth-order valence-electron chi connectivity index (χ4n) is 3.54. The number of aryl methyl sites for hydroxylation is 1. The molecule has 1 amide bonds. The molecule has 1 aromatic carbocycles. The molecule has 24 heavy (non-hydrogen) atoms. The average Bonchev–Trinajstić information content (AvgIpc) is 3.00. The molecule has 0 fully saturated rings. The lowest BCUT2D eigenvalue weighted by Crippen LogP contribution is -2.35. The summed E-state index contributed by atoms with van der Waals surface area (Å²) in [6.45, 7) is 2.04. The summed E-state index contributed by atoms with van der Waals surface area (Å²) in [5.74, 6) is 0.159. The summed E-state index contributed by atoms with van der Waals surface area (Å²) < 4.78 is 2.12. The van der Waals surface area contributed by atoms with Gasteiger partial charge in [0.25, 0.3) is 0 Å². The zero-order valence-electron chi connectivity index (χ0n) is 13.8. The first-order valence-electron chi connectivity index (χ1n) is 8.52. The third-order valence-electron chi connectivity index (χ3n) is 4.91. The van der Waals surface area contributed by atoms with E-state index in [1.807, 2.05) is 61.7 Å². The second-order valence-corrected chi connectivity index (χ2v) is 6.51. The molecule has 122 valence electrons. The standard InChI is InChI=1S/C20H21N3O/c1-14(15-7-3-2-4-8-15)21-20(24)16-10-11-17-18(13-16)23-12-6-5-9-19(23)22-17/h2-9,12,14,16H,10-11,13H2,1H3,(H,21,24). The van der Waals surface area contributed by atoms with E-state index in [4.69, 9.17) is 0 Å². The van der Waals surface area contributed by atoms with Gasteiger partial charge in [-0.2, -0.15) is 0 Å². The molecular weight excluding hydrogens is 298 g/mol. The number of nitrogens with zero attached hydrogens (tertiary/aromatic N) is 2. The molecule has 0 aliphatic heterocycles. The van der Waals surface area contributed by atoms with Crippen LogP contribution >= 0.6 is 0 Å². The Kier molecular flexibility index (Phi) is 3.81. The maximum atomic E-state index is 12.7. The summed E-state index contributed by atoms with van der Waals surface area (Å²) in [4.78, 5) is 17.4. The molecule has 0 saturated heterocycles. The van der Waals surface area contributed by atoms with Crippen LogP contribution in [-0.4, -0.2) is 15.3 Å². The molecule has 2 heterocycles. The third-order valence-corrected chi connectivity index (χ3v) is 4.91. The van der Waals surface area contributed by atoms with Crippen LogP contribution in [0.4, 0.5) is 0 Å². The van der Waals surface area contributed by atoms with E-state index in [1.165, 1.54) is 5.69 Å². The van der Waals surface area contributed by atoms with Crippen molar-refractivity contribution in [3.05, 3.63) is 71.7 Å². The topological polar surface area (TPSA) is 46.4 Å². The minimum absolute atomic E-state index is 0.0174. The number of hydrogen-bond acceptors (Lipinski definition) is 2. The molecule has 0 saturated carbocycles. The van der Waals surface area contributed by atoms with Crippen molar-refractivity contribution in [2.24, 2.45) is 5.92 Å². The number of rotatable bonds is 3. The first-order chi connectivity index (χ1) is 11.7. The predicted octanol–water partition coefficient (Wildman–Crippen LogP) is 3.32. The minimum atomic E-state index is 0.0174. The number of carbonyl (C=O) groups is 1. The zero-order valence-corrected chi connectivity index (χ0v) is 13.8. The van der Waals surface area contributed by atoms with E-state index in [0.717, 1.165) is 36.2 Å². The number of imidazole rings is 1. The fraction of sp³-hybridized carbons (Fsp3) is 0.300. The molecule has 0 spiro atoms. The number of amides is 1. The van der Waals surface area contributed by atoms with Crippen molar-refractivity contribution in [3.8, 4) is 0 Å². The van der Waals surface area contributed by atoms with E-state index in [9.17, 15) is 4.79 Å². The Hall–Kier alpha value is -2.62. The maximum Gasteiger partial charge on any atom is 0.223 e. The van der Waals surface area contributed by atoms with Gasteiger partial charge in [-0.1, -0.05) is 36.4 Å². The molecule has 1 aliphatic carbocycles. The lowest BCUT2D eigenvalue weighted by atomic mass is 9.88. The number of fused-ring (bicyclic) bond motifs is 3. The molecule has 2 atom stereocenters. The van der Waals surface area contributed by atoms with Crippen LogP contribution in [0.1, 0.15) is 36.3 Å².